The highest BCUT2D eigenvalue weighted by Gasteiger charge is 2.47. The van der Waals surface area contributed by atoms with E-state index in [1.807, 2.05) is 45.0 Å². The molecule has 0 radical (unpaired) electrons. The lowest BCUT2D eigenvalue weighted by Gasteiger charge is -2.26. The molecule has 1 atom stereocenters. The fraction of sp³-hybridized carbons (Fsp3) is 0.258. The summed E-state index contributed by atoms with van der Waals surface area (Å²) in [6.07, 6.45) is 1.57. The summed E-state index contributed by atoms with van der Waals surface area (Å²) in [5, 5.41) is 11.3. The molecule has 1 saturated heterocycles. The van der Waals surface area contributed by atoms with Crippen molar-refractivity contribution in [1.29, 1.82) is 0 Å². The molecule has 38 heavy (non-hydrogen) atoms. The number of aliphatic hydroxyl groups is 1. The van der Waals surface area contributed by atoms with Crippen molar-refractivity contribution in [3.63, 3.8) is 0 Å². The average molecular weight is 514 g/mol. The van der Waals surface area contributed by atoms with Gasteiger partial charge in [-0.15, -0.1) is 0 Å². The van der Waals surface area contributed by atoms with Crippen molar-refractivity contribution in [2.75, 3.05) is 18.1 Å². The molecule has 7 heteroatoms. The van der Waals surface area contributed by atoms with E-state index in [-0.39, 0.29) is 11.3 Å². The van der Waals surface area contributed by atoms with Gasteiger partial charge in [-0.25, -0.2) is 4.79 Å². The number of aryl methyl sites for hydroxylation is 1. The Bertz CT molecular complexity index is 1360. The molecule has 0 saturated carbocycles. The average Bonchev–Trinajstić information content (AvgIpc) is 3.20. The zero-order valence-electron chi connectivity index (χ0n) is 21.8. The summed E-state index contributed by atoms with van der Waals surface area (Å²) >= 11 is 0. The molecule has 1 aliphatic rings. The highest BCUT2D eigenvalue weighted by molar-refractivity contribution is 6.51. The van der Waals surface area contributed by atoms with E-state index in [0.29, 0.717) is 47.8 Å². The second-order valence-electron chi connectivity index (χ2n) is 9.14. The summed E-state index contributed by atoms with van der Waals surface area (Å²) < 4.78 is 10.8. The third kappa shape index (κ3) is 5.47. The highest BCUT2D eigenvalue weighted by Crippen LogP contribution is 2.42. The van der Waals surface area contributed by atoms with Crippen LogP contribution in [0.4, 0.5) is 5.69 Å². The van der Waals surface area contributed by atoms with Gasteiger partial charge >= 0.3 is 5.97 Å². The Morgan fingerprint density at radius 1 is 0.895 bits per heavy atom. The lowest BCUT2D eigenvalue weighted by atomic mass is 9.94. The van der Waals surface area contributed by atoms with E-state index in [1.165, 1.54) is 4.90 Å². The molecular weight excluding hydrogens is 482 g/mol. The van der Waals surface area contributed by atoms with Crippen LogP contribution in [0.2, 0.25) is 0 Å². The van der Waals surface area contributed by atoms with Crippen LogP contribution in [0.5, 0.6) is 5.75 Å². The zero-order valence-corrected chi connectivity index (χ0v) is 21.8. The van der Waals surface area contributed by atoms with Crippen molar-refractivity contribution in [3.8, 4) is 5.75 Å². The molecule has 3 aromatic carbocycles. The lowest BCUT2D eigenvalue weighted by Crippen LogP contribution is -2.29. The van der Waals surface area contributed by atoms with Crippen molar-refractivity contribution in [2.24, 2.45) is 0 Å². The third-order valence-corrected chi connectivity index (χ3v) is 6.22. The number of hydrogen-bond donors (Lipinski definition) is 1. The van der Waals surface area contributed by atoms with E-state index in [9.17, 15) is 19.5 Å². The Labute approximate surface area is 222 Å². The quantitative estimate of drug-likeness (QED) is 0.164. The topological polar surface area (TPSA) is 93.1 Å². The van der Waals surface area contributed by atoms with Gasteiger partial charge in [0.1, 0.15) is 11.5 Å². The molecule has 0 bridgehead atoms. The predicted molar refractivity (Wildman–Crippen MR) is 145 cm³/mol. The Morgan fingerprint density at radius 3 is 2.18 bits per heavy atom. The van der Waals surface area contributed by atoms with Gasteiger partial charge in [0, 0.05) is 11.3 Å². The summed E-state index contributed by atoms with van der Waals surface area (Å²) in [5.74, 6) is -1.62. The summed E-state index contributed by atoms with van der Waals surface area (Å²) in [6, 6.07) is 19.7. The Balaban J connectivity index is 1.78. The molecule has 0 aliphatic carbocycles. The number of amides is 1. The van der Waals surface area contributed by atoms with Gasteiger partial charge in [0.05, 0.1) is 30.4 Å². The smallest absolute Gasteiger partial charge is 0.338 e. The Morgan fingerprint density at radius 2 is 1.55 bits per heavy atom. The maximum absolute atomic E-state index is 13.4. The molecule has 3 aromatic rings. The minimum Gasteiger partial charge on any atom is -0.507 e. The number of nitrogens with zero attached hydrogens (tertiary/aromatic N) is 1. The Kier molecular flexibility index (Phi) is 8.26. The summed E-state index contributed by atoms with van der Waals surface area (Å²) in [6.45, 7) is 6.72. The molecule has 1 aliphatic heterocycles. The number of aliphatic hydroxyl groups excluding tert-OH is 1. The van der Waals surface area contributed by atoms with Crippen molar-refractivity contribution in [2.45, 2.75) is 39.7 Å². The van der Waals surface area contributed by atoms with Gasteiger partial charge in [-0.05, 0) is 73.9 Å². The monoisotopic (exact) mass is 513 g/mol. The first-order valence-electron chi connectivity index (χ1n) is 12.7. The van der Waals surface area contributed by atoms with E-state index in [4.69, 9.17) is 9.47 Å². The second-order valence-corrected chi connectivity index (χ2v) is 9.14. The van der Waals surface area contributed by atoms with Gasteiger partial charge in [0.2, 0.25) is 0 Å². The van der Waals surface area contributed by atoms with Crippen LogP contribution < -0.4 is 9.64 Å². The van der Waals surface area contributed by atoms with Crippen molar-refractivity contribution in [3.05, 3.63) is 101 Å². The molecule has 7 nitrogen and oxygen atoms in total. The molecule has 1 N–H and O–H groups in total. The number of Topliss-reactive ketones (excluding diaryl/α,β-unsaturated/α-hetero) is 1. The summed E-state index contributed by atoms with van der Waals surface area (Å²) in [5.41, 5.74) is 2.79. The van der Waals surface area contributed by atoms with Crippen LogP contribution >= 0.6 is 0 Å². The first-order valence-corrected chi connectivity index (χ1v) is 12.7. The summed E-state index contributed by atoms with van der Waals surface area (Å²) in [4.78, 5) is 40.4. The molecule has 1 fully saturated rings. The van der Waals surface area contributed by atoms with Crippen LogP contribution in [-0.4, -0.2) is 36.0 Å². The molecule has 0 spiro atoms. The molecule has 4 rings (SSSR count). The maximum atomic E-state index is 13.4. The van der Waals surface area contributed by atoms with Gasteiger partial charge in [0.25, 0.3) is 11.7 Å². The molecular formula is C31H31NO6. The van der Waals surface area contributed by atoms with Crippen LogP contribution in [-0.2, 0) is 14.3 Å². The number of ketones is 1. The van der Waals surface area contributed by atoms with Gasteiger partial charge in [0.15, 0.2) is 0 Å². The zero-order chi connectivity index (χ0) is 27.2. The van der Waals surface area contributed by atoms with Gasteiger partial charge < -0.3 is 14.6 Å². The number of carbonyl (C=O) groups is 3. The summed E-state index contributed by atoms with van der Waals surface area (Å²) in [7, 11) is 0. The number of anilines is 1. The first-order chi connectivity index (χ1) is 18.3. The molecule has 1 heterocycles. The van der Waals surface area contributed by atoms with E-state index in [1.54, 1.807) is 48.5 Å². The fourth-order valence-corrected chi connectivity index (χ4v) is 4.38. The van der Waals surface area contributed by atoms with E-state index >= 15 is 0 Å². The van der Waals surface area contributed by atoms with Crippen LogP contribution in [0.3, 0.4) is 0 Å². The predicted octanol–water partition coefficient (Wildman–Crippen LogP) is 5.98. The van der Waals surface area contributed by atoms with E-state index < -0.39 is 23.7 Å². The van der Waals surface area contributed by atoms with Crippen LogP contribution in [0.1, 0.15) is 59.8 Å². The number of rotatable bonds is 9. The third-order valence-electron chi connectivity index (χ3n) is 6.22. The second kappa shape index (κ2) is 11.8. The minimum absolute atomic E-state index is 0.00532. The minimum atomic E-state index is -0.858. The largest absolute Gasteiger partial charge is 0.507 e. The normalized spacial score (nSPS) is 16.5. The molecule has 196 valence electrons. The molecule has 1 unspecified atom stereocenters. The highest BCUT2D eigenvalue weighted by atomic mass is 16.5. The van der Waals surface area contributed by atoms with Crippen LogP contribution in [0.25, 0.3) is 5.76 Å². The standard InChI is InChI=1S/C31H31NO6/c1-4-17-37-25-15-11-21(12-16-25)28(33)26-27(23-8-6-7-20(3)19-23)32(30(35)29(26)34)24-13-9-22(10-14-24)31(36)38-18-5-2/h6-16,19,27,33H,4-5,17-18H2,1-3H3/b28-26+. The Hall–Kier alpha value is -4.39. The van der Waals surface area contributed by atoms with Crippen LogP contribution in [0.15, 0.2) is 78.4 Å². The van der Waals surface area contributed by atoms with Crippen molar-refractivity contribution < 1.29 is 29.0 Å². The van der Waals surface area contributed by atoms with Crippen LogP contribution in [0, 0.1) is 6.92 Å². The van der Waals surface area contributed by atoms with Crippen molar-refractivity contribution >= 4 is 29.1 Å². The van der Waals surface area contributed by atoms with Gasteiger partial charge in [-0.1, -0.05) is 43.7 Å². The maximum Gasteiger partial charge on any atom is 0.338 e. The van der Waals surface area contributed by atoms with E-state index in [2.05, 4.69) is 0 Å². The number of hydrogen-bond acceptors (Lipinski definition) is 6. The number of esters is 1. The lowest BCUT2D eigenvalue weighted by molar-refractivity contribution is -0.132. The van der Waals surface area contributed by atoms with Gasteiger partial charge in [-0.2, -0.15) is 0 Å². The first kappa shape index (κ1) is 26.7. The molecule has 1 amide bonds. The van der Waals surface area contributed by atoms with Crippen molar-refractivity contribution in [1.82, 2.24) is 0 Å². The van der Waals surface area contributed by atoms with Gasteiger partial charge in [-0.3, -0.25) is 14.5 Å². The number of ether oxygens (including phenoxy) is 2. The molecule has 0 aromatic heterocycles. The van der Waals surface area contributed by atoms with E-state index in [0.717, 1.165) is 12.0 Å². The number of carbonyl (C=O) groups excluding carboxylic acids is 3. The SMILES string of the molecule is CCCOC(=O)c1ccc(N2C(=O)C(=O)/C(=C(/O)c3ccc(OCCC)cc3)C2c2cccc(C)c2)cc1. The number of benzene rings is 3. The fourth-order valence-electron chi connectivity index (χ4n) is 4.38.